The molecular weight excluding hydrogens is 277 g/mol. The van der Waals surface area contributed by atoms with E-state index in [1.807, 2.05) is 0 Å². The normalized spacial score (nSPS) is 12.2. The third-order valence-corrected chi connectivity index (χ3v) is 2.91. The van der Waals surface area contributed by atoms with Crippen molar-refractivity contribution >= 4 is 21.9 Å². The zero-order valence-corrected chi connectivity index (χ0v) is 10.7. The van der Waals surface area contributed by atoms with Crippen molar-refractivity contribution in [2.45, 2.75) is 19.5 Å². The third kappa shape index (κ3) is 3.57. The second-order valence-corrected chi connectivity index (χ2v) is 4.22. The van der Waals surface area contributed by atoms with Crippen LogP contribution in [0.4, 0.5) is 4.39 Å². The van der Waals surface area contributed by atoms with Crippen molar-refractivity contribution < 1.29 is 13.9 Å². The Morgan fingerprint density at radius 1 is 1.62 bits per heavy atom. The van der Waals surface area contributed by atoms with E-state index in [0.29, 0.717) is 11.0 Å². The lowest BCUT2D eigenvalue weighted by atomic mass is 10.2. The van der Waals surface area contributed by atoms with E-state index < -0.39 is 0 Å². The number of carbonyl (C=O) groups excluding carboxylic acids is 1. The first-order valence-electron chi connectivity index (χ1n) is 4.79. The lowest BCUT2D eigenvalue weighted by Crippen LogP contribution is -2.34. The molecule has 0 aromatic heterocycles. The predicted octanol–water partition coefficient (Wildman–Crippen LogP) is 2.24. The van der Waals surface area contributed by atoms with E-state index in [4.69, 9.17) is 0 Å². The molecule has 0 spiro atoms. The molecule has 88 valence electrons. The van der Waals surface area contributed by atoms with Crippen molar-refractivity contribution in [1.82, 2.24) is 5.32 Å². The van der Waals surface area contributed by atoms with E-state index in [1.165, 1.54) is 19.2 Å². The van der Waals surface area contributed by atoms with Crippen LogP contribution in [0, 0.1) is 5.82 Å². The molecule has 0 aliphatic heterocycles. The molecule has 5 heteroatoms. The van der Waals surface area contributed by atoms with Gasteiger partial charge in [-0.05, 0) is 24.6 Å². The highest BCUT2D eigenvalue weighted by Gasteiger charge is 2.12. The minimum atomic E-state index is -0.387. The molecule has 16 heavy (non-hydrogen) atoms. The van der Waals surface area contributed by atoms with Crippen LogP contribution in [0.15, 0.2) is 22.7 Å². The van der Waals surface area contributed by atoms with Crippen molar-refractivity contribution in [3.05, 3.63) is 34.1 Å². The first-order chi connectivity index (χ1) is 7.54. The molecule has 1 aromatic rings. The van der Waals surface area contributed by atoms with E-state index in [1.54, 1.807) is 13.0 Å². The number of halogens is 2. The Labute approximate surface area is 102 Å². The standard InChI is InChI=1S/C11H13BrFNO2/c1-7(11(15)16-2)14-6-8-3-4-9(13)5-10(8)12/h3-5,7,14H,6H2,1-2H3/t7-/m0/s1. The Hall–Kier alpha value is -0.940. The molecule has 1 atom stereocenters. The lowest BCUT2D eigenvalue weighted by molar-refractivity contribution is -0.142. The summed E-state index contributed by atoms with van der Waals surface area (Å²) in [6, 6.07) is 4.04. The van der Waals surface area contributed by atoms with Gasteiger partial charge in [0.05, 0.1) is 7.11 Å². The Kier molecular flexibility index (Phi) is 4.89. The molecular formula is C11H13BrFNO2. The van der Waals surface area contributed by atoms with Gasteiger partial charge in [0.15, 0.2) is 0 Å². The van der Waals surface area contributed by atoms with Crippen molar-refractivity contribution in [2.24, 2.45) is 0 Å². The minimum Gasteiger partial charge on any atom is -0.468 e. The van der Waals surface area contributed by atoms with Gasteiger partial charge in [-0.2, -0.15) is 0 Å². The number of rotatable bonds is 4. The van der Waals surface area contributed by atoms with Crippen LogP contribution in [-0.4, -0.2) is 19.1 Å². The van der Waals surface area contributed by atoms with Gasteiger partial charge in [-0.15, -0.1) is 0 Å². The van der Waals surface area contributed by atoms with Crippen LogP contribution < -0.4 is 5.32 Å². The molecule has 0 amide bonds. The van der Waals surface area contributed by atoms with Gasteiger partial charge < -0.3 is 10.1 Å². The van der Waals surface area contributed by atoms with Gasteiger partial charge in [0.1, 0.15) is 11.9 Å². The van der Waals surface area contributed by atoms with Gasteiger partial charge in [-0.3, -0.25) is 4.79 Å². The Balaban J connectivity index is 2.58. The minimum absolute atomic E-state index is 0.295. The highest BCUT2D eigenvalue weighted by Crippen LogP contribution is 2.17. The molecule has 0 saturated heterocycles. The molecule has 1 aromatic carbocycles. The fraction of sp³-hybridized carbons (Fsp3) is 0.364. The summed E-state index contributed by atoms with van der Waals surface area (Å²) in [5, 5.41) is 2.98. The van der Waals surface area contributed by atoms with Gasteiger partial charge >= 0.3 is 5.97 Å². The maximum atomic E-state index is 12.8. The van der Waals surface area contributed by atoms with Crippen molar-refractivity contribution in [1.29, 1.82) is 0 Å². The summed E-state index contributed by atoms with van der Waals surface area (Å²) < 4.78 is 18.1. The van der Waals surface area contributed by atoms with E-state index in [0.717, 1.165) is 5.56 Å². The van der Waals surface area contributed by atoms with Crippen LogP contribution in [-0.2, 0) is 16.1 Å². The smallest absolute Gasteiger partial charge is 0.322 e. The number of ether oxygens (including phenoxy) is 1. The SMILES string of the molecule is COC(=O)[C@H](C)NCc1ccc(F)cc1Br. The fourth-order valence-electron chi connectivity index (χ4n) is 1.19. The summed E-state index contributed by atoms with van der Waals surface area (Å²) >= 11 is 3.26. The number of hydrogen-bond acceptors (Lipinski definition) is 3. The molecule has 0 radical (unpaired) electrons. The van der Waals surface area contributed by atoms with Crippen LogP contribution in [0.3, 0.4) is 0 Å². The molecule has 0 fully saturated rings. The second kappa shape index (κ2) is 5.96. The Morgan fingerprint density at radius 3 is 2.88 bits per heavy atom. The molecule has 1 N–H and O–H groups in total. The molecule has 1 rings (SSSR count). The van der Waals surface area contributed by atoms with Gasteiger partial charge in [0.2, 0.25) is 0 Å². The van der Waals surface area contributed by atoms with Crippen molar-refractivity contribution in [2.75, 3.05) is 7.11 Å². The number of nitrogens with one attached hydrogen (secondary N) is 1. The summed E-state index contributed by atoms with van der Waals surface area (Å²) in [6.45, 7) is 2.18. The monoisotopic (exact) mass is 289 g/mol. The van der Waals surface area contributed by atoms with Gasteiger partial charge in [-0.25, -0.2) is 4.39 Å². The highest BCUT2D eigenvalue weighted by molar-refractivity contribution is 9.10. The van der Waals surface area contributed by atoms with Crippen LogP contribution in [0.2, 0.25) is 0 Å². The first-order valence-corrected chi connectivity index (χ1v) is 5.59. The second-order valence-electron chi connectivity index (χ2n) is 3.36. The molecule has 0 aliphatic carbocycles. The van der Waals surface area contributed by atoms with E-state index in [9.17, 15) is 9.18 Å². The average molecular weight is 290 g/mol. The number of methoxy groups -OCH3 is 1. The summed E-state index contributed by atoms with van der Waals surface area (Å²) in [5.74, 6) is -0.616. The van der Waals surface area contributed by atoms with E-state index in [2.05, 4.69) is 26.0 Å². The summed E-state index contributed by atoms with van der Waals surface area (Å²) in [5.41, 5.74) is 0.886. The zero-order chi connectivity index (χ0) is 12.1. The van der Waals surface area contributed by atoms with Crippen molar-refractivity contribution in [3.8, 4) is 0 Å². The maximum Gasteiger partial charge on any atom is 0.322 e. The largest absolute Gasteiger partial charge is 0.468 e. The van der Waals surface area contributed by atoms with Crippen LogP contribution in [0.5, 0.6) is 0 Å². The predicted molar refractivity (Wildman–Crippen MR) is 62.4 cm³/mol. The first kappa shape index (κ1) is 13.1. The molecule has 3 nitrogen and oxygen atoms in total. The maximum absolute atomic E-state index is 12.8. The molecule has 0 heterocycles. The number of carbonyl (C=O) groups is 1. The van der Waals surface area contributed by atoms with Gasteiger partial charge in [0.25, 0.3) is 0 Å². The van der Waals surface area contributed by atoms with E-state index >= 15 is 0 Å². The Bertz CT molecular complexity index is 384. The molecule has 0 bridgehead atoms. The molecule has 0 aliphatic rings. The number of benzene rings is 1. The van der Waals surface area contributed by atoms with Crippen molar-refractivity contribution in [3.63, 3.8) is 0 Å². The quantitative estimate of drug-likeness (QED) is 0.864. The summed E-state index contributed by atoms with van der Waals surface area (Å²) in [6.07, 6.45) is 0. The highest BCUT2D eigenvalue weighted by atomic mass is 79.9. The van der Waals surface area contributed by atoms with E-state index in [-0.39, 0.29) is 17.8 Å². The average Bonchev–Trinajstić information content (AvgIpc) is 2.26. The lowest BCUT2D eigenvalue weighted by Gasteiger charge is -2.12. The number of esters is 1. The van der Waals surface area contributed by atoms with Crippen LogP contribution in [0.1, 0.15) is 12.5 Å². The third-order valence-electron chi connectivity index (χ3n) is 2.17. The zero-order valence-electron chi connectivity index (χ0n) is 9.09. The van der Waals surface area contributed by atoms with Gasteiger partial charge in [-0.1, -0.05) is 22.0 Å². The summed E-state index contributed by atoms with van der Waals surface area (Å²) in [4.78, 5) is 11.1. The van der Waals surface area contributed by atoms with Crippen LogP contribution in [0.25, 0.3) is 0 Å². The fourth-order valence-corrected chi connectivity index (χ4v) is 1.68. The Morgan fingerprint density at radius 2 is 2.31 bits per heavy atom. The summed E-state index contributed by atoms with van der Waals surface area (Å²) in [7, 11) is 1.34. The topological polar surface area (TPSA) is 38.3 Å². The van der Waals surface area contributed by atoms with Gasteiger partial charge in [0, 0.05) is 11.0 Å². The molecule has 0 unspecified atom stereocenters. The van der Waals surface area contributed by atoms with Crippen LogP contribution >= 0.6 is 15.9 Å². The number of hydrogen-bond donors (Lipinski definition) is 1. The molecule has 0 saturated carbocycles.